The highest BCUT2D eigenvalue weighted by Crippen LogP contribution is 2.48. The highest BCUT2D eigenvalue weighted by atomic mass is 127. The second kappa shape index (κ2) is 5.40. The van der Waals surface area contributed by atoms with Crippen LogP contribution < -0.4 is 5.32 Å². The molecule has 1 fully saturated rings. The van der Waals surface area contributed by atoms with Crippen molar-refractivity contribution < 1.29 is 10.0 Å². The van der Waals surface area contributed by atoms with Gasteiger partial charge in [-0.15, -0.1) is 0 Å². The van der Waals surface area contributed by atoms with Crippen LogP contribution >= 0.6 is 22.6 Å². The fourth-order valence-electron chi connectivity index (χ4n) is 2.02. The van der Waals surface area contributed by atoms with Gasteiger partial charge in [-0.2, -0.15) is 0 Å². The molecule has 0 aromatic heterocycles. The van der Waals surface area contributed by atoms with Gasteiger partial charge in [-0.1, -0.05) is 0 Å². The van der Waals surface area contributed by atoms with E-state index >= 15 is 0 Å². The Kier molecular flexibility index (Phi) is 4.06. The molecule has 1 aromatic carbocycles. The van der Waals surface area contributed by atoms with Crippen molar-refractivity contribution in [2.45, 2.75) is 19.3 Å². The molecule has 0 atom stereocenters. The quantitative estimate of drug-likeness (QED) is 0.464. The lowest BCUT2D eigenvalue weighted by atomic mass is 10.0. The zero-order valence-corrected chi connectivity index (χ0v) is 12.0. The summed E-state index contributed by atoms with van der Waals surface area (Å²) in [6.45, 7) is 0.867. The van der Waals surface area contributed by atoms with Crippen LogP contribution in [0.15, 0.2) is 18.2 Å². The van der Waals surface area contributed by atoms with Crippen molar-refractivity contribution in [3.05, 3.63) is 31.9 Å². The van der Waals surface area contributed by atoms with Gasteiger partial charge in [0, 0.05) is 22.8 Å². The van der Waals surface area contributed by atoms with E-state index in [9.17, 15) is 10.1 Å². The number of aliphatic hydroxyl groups excluding tert-OH is 1. The van der Waals surface area contributed by atoms with Gasteiger partial charge in [-0.05, 0) is 59.4 Å². The Morgan fingerprint density at radius 1 is 1.50 bits per heavy atom. The average molecular weight is 362 g/mol. The third kappa shape index (κ3) is 3.11. The summed E-state index contributed by atoms with van der Waals surface area (Å²) in [6.07, 6.45) is 2.93. The lowest BCUT2D eigenvalue weighted by Crippen LogP contribution is -2.17. The second-order valence-corrected chi connectivity index (χ2v) is 5.99. The number of halogens is 1. The number of hydrogen-bond donors (Lipinski definition) is 2. The number of aliphatic hydroxyl groups is 1. The van der Waals surface area contributed by atoms with E-state index in [1.54, 1.807) is 12.1 Å². The largest absolute Gasteiger partial charge is 0.396 e. The number of hydrogen-bond acceptors (Lipinski definition) is 4. The van der Waals surface area contributed by atoms with Gasteiger partial charge in [0.05, 0.1) is 4.92 Å². The first-order chi connectivity index (χ1) is 8.56. The molecule has 1 saturated carbocycles. The number of nitro groups is 1. The van der Waals surface area contributed by atoms with Crippen molar-refractivity contribution in [2.24, 2.45) is 5.41 Å². The molecule has 98 valence electrons. The van der Waals surface area contributed by atoms with E-state index in [0.29, 0.717) is 12.2 Å². The molecule has 18 heavy (non-hydrogen) atoms. The summed E-state index contributed by atoms with van der Waals surface area (Å²) < 4.78 is 0.848. The minimum absolute atomic E-state index is 0.113. The van der Waals surface area contributed by atoms with Crippen LogP contribution in [-0.4, -0.2) is 23.2 Å². The molecule has 1 aromatic rings. The van der Waals surface area contributed by atoms with Gasteiger partial charge < -0.3 is 10.4 Å². The van der Waals surface area contributed by atoms with E-state index in [0.717, 1.165) is 22.8 Å². The molecule has 0 bridgehead atoms. The van der Waals surface area contributed by atoms with Gasteiger partial charge in [0.2, 0.25) is 0 Å². The van der Waals surface area contributed by atoms with Crippen molar-refractivity contribution in [2.75, 3.05) is 18.5 Å². The Labute approximate surface area is 119 Å². The van der Waals surface area contributed by atoms with Crippen LogP contribution in [0.2, 0.25) is 0 Å². The number of benzene rings is 1. The van der Waals surface area contributed by atoms with E-state index in [-0.39, 0.29) is 22.6 Å². The van der Waals surface area contributed by atoms with Crippen molar-refractivity contribution in [3.8, 4) is 0 Å². The van der Waals surface area contributed by atoms with E-state index in [1.807, 2.05) is 6.07 Å². The van der Waals surface area contributed by atoms with E-state index in [2.05, 4.69) is 27.9 Å². The van der Waals surface area contributed by atoms with Crippen molar-refractivity contribution in [1.29, 1.82) is 0 Å². The molecule has 1 aliphatic rings. The second-order valence-electron chi connectivity index (χ2n) is 4.75. The summed E-state index contributed by atoms with van der Waals surface area (Å²) in [5, 5.41) is 23.1. The smallest absolute Gasteiger partial charge is 0.293 e. The maximum atomic E-state index is 11.0. The van der Waals surface area contributed by atoms with Crippen molar-refractivity contribution >= 4 is 34.0 Å². The Balaban J connectivity index is 2.07. The maximum Gasteiger partial charge on any atom is 0.293 e. The van der Waals surface area contributed by atoms with Gasteiger partial charge in [0.1, 0.15) is 5.69 Å². The average Bonchev–Trinajstić information content (AvgIpc) is 3.08. The first-order valence-corrected chi connectivity index (χ1v) is 6.93. The highest BCUT2D eigenvalue weighted by molar-refractivity contribution is 14.1. The molecular weight excluding hydrogens is 347 g/mol. The normalized spacial score (nSPS) is 16.3. The summed E-state index contributed by atoms with van der Waals surface area (Å²) in [5.74, 6) is 0. The van der Waals surface area contributed by atoms with Gasteiger partial charge >= 0.3 is 0 Å². The van der Waals surface area contributed by atoms with Crippen LogP contribution in [0.1, 0.15) is 19.3 Å². The Bertz CT molecular complexity index is 461. The van der Waals surface area contributed by atoms with Gasteiger partial charge in [-0.25, -0.2) is 0 Å². The van der Waals surface area contributed by atoms with Crippen LogP contribution in [0.4, 0.5) is 11.4 Å². The molecule has 0 saturated heterocycles. The minimum atomic E-state index is -0.365. The summed E-state index contributed by atoms with van der Waals surface area (Å²) >= 11 is 2.06. The number of nitro benzene ring substituents is 1. The molecular formula is C12H15IN2O3. The molecule has 2 N–H and O–H groups in total. The van der Waals surface area contributed by atoms with Gasteiger partial charge in [0.25, 0.3) is 5.69 Å². The van der Waals surface area contributed by atoms with E-state index < -0.39 is 0 Å². The first-order valence-electron chi connectivity index (χ1n) is 5.85. The molecule has 5 nitrogen and oxygen atoms in total. The van der Waals surface area contributed by atoms with Crippen LogP contribution in [-0.2, 0) is 0 Å². The predicted molar refractivity (Wildman–Crippen MR) is 77.7 cm³/mol. The van der Waals surface area contributed by atoms with Crippen LogP contribution in [0, 0.1) is 19.1 Å². The molecule has 0 radical (unpaired) electrons. The number of nitrogens with one attached hydrogen (secondary N) is 1. The molecule has 0 heterocycles. The predicted octanol–water partition coefficient (Wildman–Crippen LogP) is 2.77. The third-order valence-corrected chi connectivity index (χ3v) is 4.08. The Morgan fingerprint density at radius 2 is 2.22 bits per heavy atom. The fraction of sp³-hybridized carbons (Fsp3) is 0.500. The van der Waals surface area contributed by atoms with Crippen molar-refractivity contribution in [3.63, 3.8) is 0 Å². The summed E-state index contributed by atoms with van der Waals surface area (Å²) in [5.41, 5.74) is 0.817. The fourth-order valence-corrected chi connectivity index (χ4v) is 2.49. The van der Waals surface area contributed by atoms with Crippen LogP contribution in [0.3, 0.4) is 0 Å². The number of anilines is 1. The van der Waals surface area contributed by atoms with Crippen molar-refractivity contribution in [1.82, 2.24) is 0 Å². The molecule has 6 heteroatoms. The minimum Gasteiger partial charge on any atom is -0.396 e. The molecule has 0 spiro atoms. The summed E-state index contributed by atoms with van der Waals surface area (Å²) in [7, 11) is 0. The molecule has 0 unspecified atom stereocenters. The summed E-state index contributed by atoms with van der Waals surface area (Å²) in [6, 6.07) is 5.16. The maximum absolute atomic E-state index is 11.0. The zero-order valence-electron chi connectivity index (χ0n) is 9.86. The summed E-state index contributed by atoms with van der Waals surface area (Å²) in [4.78, 5) is 10.6. The van der Waals surface area contributed by atoms with Crippen LogP contribution in [0.5, 0.6) is 0 Å². The van der Waals surface area contributed by atoms with E-state index in [1.165, 1.54) is 0 Å². The monoisotopic (exact) mass is 362 g/mol. The lowest BCUT2D eigenvalue weighted by Gasteiger charge is -2.15. The van der Waals surface area contributed by atoms with Gasteiger partial charge in [0.15, 0.2) is 0 Å². The van der Waals surface area contributed by atoms with Gasteiger partial charge in [-0.3, -0.25) is 10.1 Å². The lowest BCUT2D eigenvalue weighted by molar-refractivity contribution is -0.384. The Morgan fingerprint density at radius 3 is 2.78 bits per heavy atom. The highest BCUT2D eigenvalue weighted by Gasteiger charge is 2.41. The first kappa shape index (κ1) is 13.5. The van der Waals surface area contributed by atoms with Crippen LogP contribution in [0.25, 0.3) is 0 Å². The third-order valence-electron chi connectivity index (χ3n) is 3.41. The number of nitrogens with zero attached hydrogens (tertiary/aromatic N) is 1. The Hall–Kier alpha value is -0.890. The molecule has 2 rings (SSSR count). The molecule has 1 aliphatic carbocycles. The standard InChI is InChI=1S/C12H15IN2O3/c13-9-1-2-10(11(7-9)15(17)18)14-8-12(3-4-12)5-6-16/h1-2,7,14,16H,3-6,8H2. The SMILES string of the molecule is O=[N+]([O-])c1cc(I)ccc1NCC1(CCO)CC1. The van der Waals surface area contributed by atoms with E-state index in [4.69, 9.17) is 5.11 Å². The molecule has 0 amide bonds. The number of rotatable bonds is 6. The topological polar surface area (TPSA) is 75.4 Å². The zero-order chi connectivity index (χ0) is 13.2. The molecule has 0 aliphatic heterocycles.